The molecule has 2 aromatic heterocycles. The van der Waals surface area contributed by atoms with Crippen LogP contribution in [-0.4, -0.2) is 71.6 Å². The summed E-state index contributed by atoms with van der Waals surface area (Å²) < 4.78 is 7.89. The van der Waals surface area contributed by atoms with Crippen LogP contribution in [0.2, 0.25) is 0 Å². The summed E-state index contributed by atoms with van der Waals surface area (Å²) >= 11 is 0. The summed E-state index contributed by atoms with van der Waals surface area (Å²) in [5.41, 5.74) is -0.964. The lowest BCUT2D eigenvalue weighted by atomic mass is 10.2. The molecule has 29 heavy (non-hydrogen) atoms. The second-order valence-corrected chi connectivity index (χ2v) is 6.77. The van der Waals surface area contributed by atoms with Crippen LogP contribution in [0.1, 0.15) is 32.7 Å². The molecule has 0 aromatic carbocycles. The van der Waals surface area contributed by atoms with Gasteiger partial charge in [-0.05, 0) is 6.92 Å². The Morgan fingerprint density at radius 2 is 2.10 bits per heavy atom. The molecule has 1 aliphatic heterocycles. The zero-order chi connectivity index (χ0) is 21.5. The highest BCUT2D eigenvalue weighted by molar-refractivity contribution is 5.82. The van der Waals surface area contributed by atoms with Crippen LogP contribution in [0.5, 0.6) is 0 Å². The van der Waals surface area contributed by atoms with E-state index in [1.165, 1.54) is 10.9 Å². The first-order chi connectivity index (χ1) is 13.6. The molecule has 0 radical (unpaired) electrons. The second kappa shape index (κ2) is 7.96. The molecule has 3 heterocycles. The standard InChI is InChI=1S/C16H21N5O8/c1-6(23)13(26)18-16-17-12-11(14(27)19-16)21(15(28)7(2)24)5-20(12)10-3-8(25)9(4-22)29-10/h5,8-10,13,15,22,25-26,28H,3-4H2,1-2H3,(H-,17,18,19,27)/p+1/t8-,9+,10+,13+,15+/m0/s1. The number of imidazole rings is 1. The van der Waals surface area contributed by atoms with Gasteiger partial charge >= 0.3 is 5.65 Å². The molecule has 3 rings (SSSR count). The highest BCUT2D eigenvalue weighted by Crippen LogP contribution is 2.26. The number of carbonyl (C=O) groups is 2. The molecule has 1 aliphatic rings. The maximum absolute atomic E-state index is 12.6. The number of anilines is 1. The minimum absolute atomic E-state index is 0.0388. The van der Waals surface area contributed by atoms with Crippen molar-refractivity contribution in [2.75, 3.05) is 11.9 Å². The van der Waals surface area contributed by atoms with Gasteiger partial charge in [0.15, 0.2) is 30.3 Å². The summed E-state index contributed by atoms with van der Waals surface area (Å²) in [7, 11) is 0. The quantitative estimate of drug-likeness (QED) is 0.202. The summed E-state index contributed by atoms with van der Waals surface area (Å²) in [6.45, 7) is 1.84. The van der Waals surface area contributed by atoms with Crippen LogP contribution in [0.3, 0.4) is 0 Å². The third kappa shape index (κ3) is 3.90. The number of ketones is 2. The number of nitrogens with zero attached hydrogens (tertiary/aromatic N) is 3. The maximum atomic E-state index is 12.6. The lowest BCUT2D eigenvalue weighted by molar-refractivity contribution is -0.739. The molecule has 6 N–H and O–H groups in total. The van der Waals surface area contributed by atoms with E-state index < -0.39 is 54.6 Å². The number of carbonyl (C=O) groups excluding carboxylic acids is 2. The Bertz CT molecular complexity index is 1000. The Labute approximate surface area is 163 Å². The average molecular weight is 412 g/mol. The van der Waals surface area contributed by atoms with Gasteiger partial charge in [0.05, 0.1) is 12.7 Å². The van der Waals surface area contributed by atoms with Crippen LogP contribution in [0.15, 0.2) is 11.1 Å². The molecule has 1 fully saturated rings. The number of aromatic amines is 1. The Kier molecular flexibility index (Phi) is 5.77. The summed E-state index contributed by atoms with van der Waals surface area (Å²) in [6.07, 6.45) is -4.69. The molecule has 5 atom stereocenters. The van der Waals surface area contributed by atoms with Crippen molar-refractivity contribution in [1.29, 1.82) is 0 Å². The third-order valence-corrected chi connectivity index (χ3v) is 4.61. The fraction of sp³-hybridized carbons (Fsp3) is 0.562. The van der Waals surface area contributed by atoms with Crippen LogP contribution in [0, 0.1) is 0 Å². The van der Waals surface area contributed by atoms with Crippen molar-refractivity contribution in [3.05, 3.63) is 16.7 Å². The number of rotatable bonds is 7. The summed E-state index contributed by atoms with van der Waals surface area (Å²) in [6, 6.07) is 0. The molecule has 0 spiro atoms. The molecular weight excluding hydrogens is 390 g/mol. The number of aliphatic hydroxyl groups is 4. The van der Waals surface area contributed by atoms with Crippen molar-refractivity contribution < 1.29 is 39.3 Å². The van der Waals surface area contributed by atoms with Crippen LogP contribution in [0.4, 0.5) is 5.95 Å². The number of H-pyrrole nitrogens is 1. The van der Waals surface area contributed by atoms with Gasteiger partial charge in [-0.3, -0.25) is 19.4 Å². The van der Waals surface area contributed by atoms with Crippen LogP contribution >= 0.6 is 0 Å². The number of fused-ring (bicyclic) bond motifs is 1. The van der Waals surface area contributed by atoms with Crippen LogP contribution < -0.4 is 15.4 Å². The first-order valence-corrected chi connectivity index (χ1v) is 8.78. The summed E-state index contributed by atoms with van der Waals surface area (Å²) in [4.78, 5) is 42.0. The van der Waals surface area contributed by atoms with Crippen molar-refractivity contribution in [1.82, 2.24) is 14.5 Å². The van der Waals surface area contributed by atoms with E-state index in [4.69, 9.17) is 4.74 Å². The van der Waals surface area contributed by atoms with Crippen molar-refractivity contribution in [3.63, 3.8) is 0 Å². The number of hydrogen-bond acceptors (Lipinski definition) is 10. The van der Waals surface area contributed by atoms with Crippen LogP contribution in [-0.2, 0) is 14.3 Å². The van der Waals surface area contributed by atoms with Gasteiger partial charge in [-0.1, -0.05) is 4.98 Å². The minimum Gasteiger partial charge on any atom is -0.394 e. The Morgan fingerprint density at radius 1 is 1.41 bits per heavy atom. The minimum atomic E-state index is -1.68. The van der Waals surface area contributed by atoms with Crippen molar-refractivity contribution in [2.24, 2.45) is 0 Å². The van der Waals surface area contributed by atoms with E-state index in [0.29, 0.717) is 0 Å². The zero-order valence-corrected chi connectivity index (χ0v) is 15.6. The van der Waals surface area contributed by atoms with Crippen LogP contribution in [0.25, 0.3) is 11.2 Å². The maximum Gasteiger partial charge on any atom is 0.313 e. The SMILES string of the molecule is CC(=O)[C@@H](O)n1c[n+]([C@H]2C[C@H](O)[C@@H](CO)O2)c2nc(N[C@H](O)C(C)=O)[nH]c(=O)c21. The first-order valence-electron chi connectivity index (χ1n) is 8.78. The Hall–Kier alpha value is -2.71. The molecule has 0 aliphatic carbocycles. The highest BCUT2D eigenvalue weighted by atomic mass is 16.5. The lowest BCUT2D eigenvalue weighted by Crippen LogP contribution is -2.40. The second-order valence-electron chi connectivity index (χ2n) is 6.77. The van der Waals surface area contributed by atoms with Gasteiger partial charge in [0.1, 0.15) is 6.10 Å². The smallest absolute Gasteiger partial charge is 0.313 e. The molecule has 13 nitrogen and oxygen atoms in total. The molecule has 2 aromatic rings. The predicted molar refractivity (Wildman–Crippen MR) is 94.4 cm³/mol. The van der Waals surface area contributed by atoms with E-state index in [1.54, 1.807) is 0 Å². The fourth-order valence-corrected chi connectivity index (χ4v) is 3.06. The summed E-state index contributed by atoms with van der Waals surface area (Å²) in [5.74, 6) is -1.48. The largest absolute Gasteiger partial charge is 0.394 e. The molecule has 0 amide bonds. The Morgan fingerprint density at radius 3 is 2.66 bits per heavy atom. The van der Waals surface area contributed by atoms with Gasteiger partial charge < -0.3 is 30.5 Å². The number of ether oxygens (including phenoxy) is 1. The van der Waals surface area contributed by atoms with E-state index in [2.05, 4.69) is 15.3 Å². The lowest BCUT2D eigenvalue weighted by Gasteiger charge is -2.10. The Balaban J connectivity index is 2.16. The van der Waals surface area contributed by atoms with E-state index in [9.17, 15) is 34.8 Å². The summed E-state index contributed by atoms with van der Waals surface area (Å²) in [5, 5.41) is 41.5. The van der Waals surface area contributed by atoms with Crippen molar-refractivity contribution in [3.8, 4) is 0 Å². The molecule has 0 saturated carbocycles. The molecule has 0 unspecified atom stereocenters. The van der Waals surface area contributed by atoms with Gasteiger partial charge in [0, 0.05) is 13.3 Å². The number of aromatic nitrogens is 4. The first kappa shape index (κ1) is 21.0. The normalized spacial score (nSPS) is 23.9. The molecule has 0 bridgehead atoms. The van der Waals surface area contributed by atoms with Crippen molar-refractivity contribution >= 4 is 28.7 Å². The van der Waals surface area contributed by atoms with E-state index >= 15 is 0 Å². The predicted octanol–water partition coefficient (Wildman–Crippen LogP) is -2.95. The molecule has 13 heteroatoms. The third-order valence-electron chi connectivity index (χ3n) is 4.61. The number of Topliss-reactive ketones (excluding diaryl/α,β-unsaturated/α-hetero) is 2. The number of hydrogen-bond donors (Lipinski definition) is 6. The average Bonchev–Trinajstić information content (AvgIpc) is 3.21. The van der Waals surface area contributed by atoms with E-state index in [0.717, 1.165) is 18.4 Å². The van der Waals surface area contributed by atoms with Gasteiger partial charge in [-0.25, -0.2) is 9.13 Å². The fourth-order valence-electron chi connectivity index (χ4n) is 3.06. The molecular formula is C16H22N5O8+. The van der Waals surface area contributed by atoms with Crippen molar-refractivity contribution in [2.45, 2.75) is 51.2 Å². The van der Waals surface area contributed by atoms with Gasteiger partial charge in [-0.2, -0.15) is 0 Å². The van der Waals surface area contributed by atoms with Gasteiger partial charge in [0.2, 0.25) is 11.7 Å². The molecule has 158 valence electrons. The van der Waals surface area contributed by atoms with Gasteiger partial charge in [0.25, 0.3) is 11.5 Å². The van der Waals surface area contributed by atoms with E-state index in [1.807, 2.05) is 0 Å². The number of nitrogens with one attached hydrogen (secondary N) is 2. The topological polar surface area (TPSA) is 191 Å². The highest BCUT2D eigenvalue weighted by Gasteiger charge is 2.40. The molecule has 1 saturated heterocycles. The van der Waals surface area contributed by atoms with E-state index in [-0.39, 0.29) is 23.5 Å². The van der Waals surface area contributed by atoms with Gasteiger partial charge in [-0.15, -0.1) is 0 Å². The number of aliphatic hydroxyl groups excluding tert-OH is 4. The monoisotopic (exact) mass is 412 g/mol. The zero-order valence-electron chi connectivity index (χ0n) is 15.6.